The van der Waals surface area contributed by atoms with Gasteiger partial charge in [0.05, 0.1) is 0 Å². The van der Waals surface area contributed by atoms with Gasteiger partial charge in [-0.2, -0.15) is 0 Å². The van der Waals surface area contributed by atoms with Gasteiger partial charge in [0.25, 0.3) is 0 Å². The van der Waals surface area contributed by atoms with Crippen molar-refractivity contribution in [3.63, 3.8) is 0 Å². The van der Waals surface area contributed by atoms with Crippen molar-refractivity contribution in [3.05, 3.63) is 0 Å². The molecule has 2 unspecified atom stereocenters. The van der Waals surface area contributed by atoms with Gasteiger partial charge in [0, 0.05) is 19.1 Å². The number of aliphatic hydroxyl groups is 1. The lowest BCUT2D eigenvalue weighted by Crippen LogP contribution is -2.41. The molecule has 0 aliphatic carbocycles. The lowest BCUT2D eigenvalue weighted by Gasteiger charge is -2.25. The van der Waals surface area contributed by atoms with Crippen molar-refractivity contribution < 1.29 is 5.11 Å². The molecular formula is C7H16N2O. The molecule has 0 saturated carbocycles. The highest BCUT2D eigenvalue weighted by molar-refractivity contribution is 4.79. The van der Waals surface area contributed by atoms with Gasteiger partial charge in [-0.05, 0) is 19.8 Å². The van der Waals surface area contributed by atoms with Crippen LogP contribution in [0.1, 0.15) is 19.8 Å². The van der Waals surface area contributed by atoms with E-state index in [2.05, 4.69) is 4.90 Å². The Hall–Kier alpha value is -0.120. The fraction of sp³-hybridized carbons (Fsp3) is 1.00. The number of aliphatic hydroxyl groups excluding tert-OH is 1. The Bertz CT molecular complexity index is 106. The highest BCUT2D eigenvalue weighted by Gasteiger charge is 2.25. The molecule has 1 rings (SSSR count). The Morgan fingerprint density at radius 1 is 1.80 bits per heavy atom. The lowest BCUT2D eigenvalue weighted by molar-refractivity contribution is 0.0120. The Morgan fingerprint density at radius 2 is 2.50 bits per heavy atom. The van der Waals surface area contributed by atoms with E-state index in [-0.39, 0.29) is 6.23 Å². The predicted molar refractivity (Wildman–Crippen MR) is 40.5 cm³/mol. The molecule has 10 heavy (non-hydrogen) atoms. The number of hydrogen-bond donors (Lipinski definition) is 2. The van der Waals surface area contributed by atoms with Gasteiger partial charge in [0.15, 0.2) is 0 Å². The average molecular weight is 144 g/mol. The van der Waals surface area contributed by atoms with E-state index in [1.165, 1.54) is 6.42 Å². The summed E-state index contributed by atoms with van der Waals surface area (Å²) in [6.07, 6.45) is 1.99. The Morgan fingerprint density at radius 3 is 2.90 bits per heavy atom. The lowest BCUT2D eigenvalue weighted by atomic mass is 10.2. The van der Waals surface area contributed by atoms with Crippen LogP contribution in [-0.4, -0.2) is 35.4 Å². The second-order valence-electron chi connectivity index (χ2n) is 2.90. The fourth-order valence-electron chi connectivity index (χ4n) is 1.60. The van der Waals surface area contributed by atoms with Crippen molar-refractivity contribution in [3.8, 4) is 0 Å². The molecule has 0 radical (unpaired) electrons. The first-order chi connectivity index (χ1) is 4.75. The molecule has 0 aromatic carbocycles. The summed E-state index contributed by atoms with van der Waals surface area (Å²) in [4.78, 5) is 2.06. The summed E-state index contributed by atoms with van der Waals surface area (Å²) in [6.45, 7) is 3.47. The molecule has 0 aromatic heterocycles. The molecule has 0 spiro atoms. The van der Waals surface area contributed by atoms with Gasteiger partial charge in [0.2, 0.25) is 0 Å². The first-order valence-corrected chi connectivity index (χ1v) is 3.89. The normalized spacial score (nSPS) is 30.9. The van der Waals surface area contributed by atoms with Crippen molar-refractivity contribution in [2.24, 2.45) is 5.73 Å². The minimum atomic E-state index is -0.323. The maximum Gasteiger partial charge on any atom is 0.104 e. The summed E-state index contributed by atoms with van der Waals surface area (Å²) < 4.78 is 0. The van der Waals surface area contributed by atoms with Crippen molar-refractivity contribution in [2.45, 2.75) is 32.0 Å². The standard InChI is InChI=1S/C7H16N2O/c1-6(10)9-4-2-3-7(9)5-8/h6-7,10H,2-5,8H2,1H3. The summed E-state index contributed by atoms with van der Waals surface area (Å²) in [5, 5.41) is 9.22. The third kappa shape index (κ3) is 1.48. The van der Waals surface area contributed by atoms with Crippen LogP contribution in [0.25, 0.3) is 0 Å². The fourth-order valence-corrected chi connectivity index (χ4v) is 1.60. The van der Waals surface area contributed by atoms with Gasteiger partial charge in [-0.3, -0.25) is 4.90 Å². The van der Waals surface area contributed by atoms with E-state index in [9.17, 15) is 5.11 Å². The molecular weight excluding hydrogens is 128 g/mol. The monoisotopic (exact) mass is 144 g/mol. The topological polar surface area (TPSA) is 49.5 Å². The molecule has 1 fully saturated rings. The van der Waals surface area contributed by atoms with E-state index in [1.807, 2.05) is 0 Å². The highest BCUT2D eigenvalue weighted by atomic mass is 16.3. The van der Waals surface area contributed by atoms with Gasteiger partial charge >= 0.3 is 0 Å². The van der Waals surface area contributed by atoms with E-state index in [0.717, 1.165) is 13.0 Å². The van der Waals surface area contributed by atoms with Gasteiger partial charge < -0.3 is 10.8 Å². The molecule has 0 amide bonds. The van der Waals surface area contributed by atoms with Gasteiger partial charge in [-0.1, -0.05) is 0 Å². The molecule has 0 bridgehead atoms. The zero-order chi connectivity index (χ0) is 7.56. The van der Waals surface area contributed by atoms with Crippen LogP contribution in [0.5, 0.6) is 0 Å². The zero-order valence-electron chi connectivity index (χ0n) is 6.45. The SMILES string of the molecule is CC(O)N1CCCC1CN. The summed E-state index contributed by atoms with van der Waals surface area (Å²) in [5.41, 5.74) is 5.51. The number of likely N-dealkylation sites (tertiary alicyclic amines) is 1. The summed E-state index contributed by atoms with van der Waals surface area (Å²) in [6, 6.07) is 0.417. The Kier molecular flexibility index (Phi) is 2.65. The third-order valence-corrected chi connectivity index (χ3v) is 2.17. The molecule has 3 N–H and O–H groups in total. The molecule has 60 valence electrons. The van der Waals surface area contributed by atoms with Crippen LogP contribution < -0.4 is 5.73 Å². The second-order valence-corrected chi connectivity index (χ2v) is 2.90. The molecule has 3 nitrogen and oxygen atoms in total. The minimum absolute atomic E-state index is 0.323. The predicted octanol–water partition coefficient (Wildman–Crippen LogP) is -0.252. The molecule has 0 aromatic rings. The summed E-state index contributed by atoms with van der Waals surface area (Å²) >= 11 is 0. The largest absolute Gasteiger partial charge is 0.379 e. The van der Waals surface area contributed by atoms with Gasteiger partial charge in [-0.25, -0.2) is 0 Å². The van der Waals surface area contributed by atoms with Crippen LogP contribution in [0.4, 0.5) is 0 Å². The third-order valence-electron chi connectivity index (χ3n) is 2.17. The van der Waals surface area contributed by atoms with Crippen molar-refractivity contribution in [2.75, 3.05) is 13.1 Å². The molecule has 1 heterocycles. The smallest absolute Gasteiger partial charge is 0.104 e. The van der Waals surface area contributed by atoms with Crippen LogP contribution in [0, 0.1) is 0 Å². The number of nitrogens with two attached hydrogens (primary N) is 1. The first-order valence-electron chi connectivity index (χ1n) is 3.89. The molecule has 1 saturated heterocycles. The first kappa shape index (κ1) is 7.98. The Labute approximate surface area is 61.8 Å². The van der Waals surface area contributed by atoms with Crippen LogP contribution in [0.2, 0.25) is 0 Å². The van der Waals surface area contributed by atoms with Crippen molar-refractivity contribution in [1.29, 1.82) is 0 Å². The average Bonchev–Trinajstić information content (AvgIpc) is 2.33. The maximum atomic E-state index is 9.22. The van der Waals surface area contributed by atoms with Crippen LogP contribution in [0.3, 0.4) is 0 Å². The number of hydrogen-bond acceptors (Lipinski definition) is 3. The molecule has 2 atom stereocenters. The maximum absolute atomic E-state index is 9.22. The Balaban J connectivity index is 2.42. The van der Waals surface area contributed by atoms with E-state index >= 15 is 0 Å². The van der Waals surface area contributed by atoms with Gasteiger partial charge in [0.1, 0.15) is 6.23 Å². The van der Waals surface area contributed by atoms with E-state index < -0.39 is 0 Å². The van der Waals surface area contributed by atoms with Crippen molar-refractivity contribution >= 4 is 0 Å². The number of rotatable bonds is 2. The summed E-state index contributed by atoms with van der Waals surface area (Å²) in [5.74, 6) is 0. The zero-order valence-corrected chi connectivity index (χ0v) is 6.45. The van der Waals surface area contributed by atoms with E-state index in [4.69, 9.17) is 5.73 Å². The van der Waals surface area contributed by atoms with Gasteiger partial charge in [-0.15, -0.1) is 0 Å². The van der Waals surface area contributed by atoms with E-state index in [1.54, 1.807) is 6.92 Å². The molecule has 3 heteroatoms. The summed E-state index contributed by atoms with van der Waals surface area (Å²) in [7, 11) is 0. The molecule has 1 aliphatic rings. The minimum Gasteiger partial charge on any atom is -0.379 e. The molecule has 1 aliphatic heterocycles. The van der Waals surface area contributed by atoms with Crippen LogP contribution >= 0.6 is 0 Å². The number of nitrogens with zero attached hydrogens (tertiary/aromatic N) is 1. The highest BCUT2D eigenvalue weighted by Crippen LogP contribution is 2.17. The second kappa shape index (κ2) is 3.32. The quantitative estimate of drug-likeness (QED) is 0.562. The van der Waals surface area contributed by atoms with E-state index in [0.29, 0.717) is 12.6 Å². The van der Waals surface area contributed by atoms with Crippen LogP contribution in [0.15, 0.2) is 0 Å². The van der Waals surface area contributed by atoms with Crippen molar-refractivity contribution in [1.82, 2.24) is 4.90 Å². The van der Waals surface area contributed by atoms with Crippen LogP contribution in [-0.2, 0) is 0 Å².